The van der Waals surface area contributed by atoms with Crippen molar-refractivity contribution in [1.29, 1.82) is 0 Å². The van der Waals surface area contributed by atoms with Gasteiger partial charge in [-0.2, -0.15) is 26.3 Å². The van der Waals surface area contributed by atoms with Crippen molar-refractivity contribution in [3.63, 3.8) is 0 Å². The Labute approximate surface area is 570 Å². The third kappa shape index (κ3) is 19.2. The van der Waals surface area contributed by atoms with E-state index in [1.54, 1.807) is 31.0 Å². The van der Waals surface area contributed by atoms with Gasteiger partial charge in [0, 0.05) is 116 Å². The number of amides is 4. The number of hydrogen-bond acceptors (Lipinski definition) is 11. The molecule has 0 unspecified atom stereocenters. The van der Waals surface area contributed by atoms with Crippen molar-refractivity contribution in [1.82, 2.24) is 29.4 Å². The molecule has 98 heavy (non-hydrogen) atoms. The first-order chi connectivity index (χ1) is 46.9. The van der Waals surface area contributed by atoms with Gasteiger partial charge in [-0.15, -0.1) is 0 Å². The topological polar surface area (TPSA) is 145 Å². The van der Waals surface area contributed by atoms with Crippen molar-refractivity contribution in [2.75, 3.05) is 112 Å². The normalized spacial score (nSPS) is 18.0. The monoisotopic (exact) mass is 1360 g/mol. The number of nitrogens with zero attached hydrogens (tertiary/aromatic N) is 6. The van der Waals surface area contributed by atoms with E-state index in [1.165, 1.54) is 35.4 Å². The van der Waals surface area contributed by atoms with Crippen LogP contribution in [0.5, 0.6) is 0 Å². The first kappa shape index (κ1) is 74.1. The molecule has 22 heteroatoms. The molecule has 3 heterocycles. The molecule has 526 valence electrons. The van der Waals surface area contributed by atoms with Crippen molar-refractivity contribution in [3.05, 3.63) is 196 Å². The molecule has 4 aliphatic rings. The highest BCUT2D eigenvalue weighted by molar-refractivity contribution is 5.95. The maximum absolute atomic E-state index is 13.9. The minimum Gasteiger partial charge on any atom is -0.462 e. The van der Waals surface area contributed by atoms with Gasteiger partial charge in [0.1, 0.15) is 24.3 Å². The number of esters is 1. The second kappa shape index (κ2) is 33.6. The highest BCUT2D eigenvalue weighted by Gasteiger charge is 2.50. The maximum Gasteiger partial charge on any atom is 0.416 e. The number of piperidine rings is 2. The minimum atomic E-state index is -5.09. The maximum atomic E-state index is 13.9. The Morgan fingerprint density at radius 3 is 1.95 bits per heavy atom. The minimum absolute atomic E-state index is 0.0121. The van der Waals surface area contributed by atoms with E-state index in [4.69, 9.17) is 14.2 Å². The summed E-state index contributed by atoms with van der Waals surface area (Å²) in [7, 11) is 7.19. The largest absolute Gasteiger partial charge is 0.462 e. The van der Waals surface area contributed by atoms with E-state index < -0.39 is 46.4 Å². The second-order valence-corrected chi connectivity index (χ2v) is 26.2. The van der Waals surface area contributed by atoms with E-state index in [9.17, 15) is 54.7 Å². The lowest BCUT2D eigenvalue weighted by Crippen LogP contribution is -2.49. The van der Waals surface area contributed by atoms with Gasteiger partial charge in [-0.1, -0.05) is 97.9 Å². The molecule has 0 saturated carbocycles. The molecule has 6 aromatic carbocycles. The molecule has 3 saturated heterocycles. The SMILES string of the molecule is CCC(=O)N(C)CCCN(C)C(=O)c1ccc(NCCCCC(=O)N(C)CCN2CCC(OC(=O)Cc3ccccc3-c3ccccc3)CC2)cc1.CO[C@H]1Cc2ccccc2C12CCN(CC[C@@]1(c3ccc(F)cc3)CN(C(=O)c3cc(C(F)(F)F)cc(C(F)(F)F)c3)CO1)CC2. The van der Waals surface area contributed by atoms with Crippen molar-refractivity contribution in [2.24, 2.45) is 0 Å². The molecule has 1 aliphatic carbocycles. The first-order valence-electron chi connectivity index (χ1n) is 33.8. The summed E-state index contributed by atoms with van der Waals surface area (Å²) in [5.41, 5.74) is 2.74. The van der Waals surface area contributed by atoms with Gasteiger partial charge < -0.3 is 48.9 Å². The van der Waals surface area contributed by atoms with E-state index in [2.05, 4.69) is 39.4 Å². The van der Waals surface area contributed by atoms with E-state index in [0.29, 0.717) is 68.7 Å². The summed E-state index contributed by atoms with van der Waals surface area (Å²) < 4.78 is 113. The highest BCUT2D eigenvalue weighted by Crippen LogP contribution is 2.48. The van der Waals surface area contributed by atoms with Crippen LogP contribution in [0.4, 0.5) is 36.4 Å². The number of hydrogen-bond donors (Lipinski definition) is 1. The molecule has 1 N–H and O–H groups in total. The number of halogens is 7. The number of carbonyl (C=O) groups is 5. The fourth-order valence-electron chi connectivity index (χ4n) is 13.8. The number of likely N-dealkylation sites (tertiary alicyclic amines) is 2. The molecule has 0 aromatic heterocycles. The summed E-state index contributed by atoms with van der Waals surface area (Å²) in [4.78, 5) is 74.5. The number of nitrogens with one attached hydrogen (secondary N) is 1. The summed E-state index contributed by atoms with van der Waals surface area (Å²) in [6, 6.07) is 40.4. The first-order valence-corrected chi connectivity index (χ1v) is 33.8. The van der Waals surface area contributed by atoms with Gasteiger partial charge in [-0.05, 0) is 159 Å². The van der Waals surface area contributed by atoms with Crippen LogP contribution >= 0.6 is 0 Å². The van der Waals surface area contributed by atoms with Crippen molar-refractivity contribution >= 4 is 35.3 Å². The molecule has 0 bridgehead atoms. The number of benzene rings is 6. The smallest absolute Gasteiger partial charge is 0.416 e. The Morgan fingerprint density at radius 2 is 1.29 bits per heavy atom. The van der Waals surface area contributed by atoms with Crippen LogP contribution in [-0.2, 0) is 64.8 Å². The third-order valence-corrected chi connectivity index (χ3v) is 19.7. The standard InChI is InChI=1S/C42H57N5O5.C34H33F7N2O3/c1-5-39(48)44(2)26-13-27-46(4)42(51)34-19-21-36(22-20-34)43-25-12-11-18-40(49)45(3)30-31-47-28-23-37(24-29-47)52-41(50)32-35-16-9-10-17-38(35)33-14-7-6-8-15-33;1-45-29-18-22-4-2-3-5-28(22)31(29)10-13-42(14-11-31)15-12-32(24-6-8-27(35)9-7-24)20-43(21-46-32)30(44)23-16-25(33(36,37)38)19-26(17-23)34(39,40)41/h6-10,14-17,19-22,37,43H,5,11-13,18,23-32H2,1-4H3;2-9,16-17,19,29H,10-15,18,20-21H2,1H3/t;29-,32-/m.0/s1. The number of carbonyl (C=O) groups excluding carboxylic acids is 5. The third-order valence-electron chi connectivity index (χ3n) is 19.7. The summed E-state index contributed by atoms with van der Waals surface area (Å²) in [6.45, 7) is 8.55. The van der Waals surface area contributed by atoms with Crippen LogP contribution in [0.25, 0.3) is 11.1 Å². The van der Waals surface area contributed by atoms with Gasteiger partial charge >= 0.3 is 18.3 Å². The van der Waals surface area contributed by atoms with E-state index >= 15 is 0 Å². The molecule has 10 rings (SSSR count). The summed E-state index contributed by atoms with van der Waals surface area (Å²) in [5.74, 6) is -1.48. The lowest BCUT2D eigenvalue weighted by atomic mass is 9.72. The molecule has 6 aromatic rings. The van der Waals surface area contributed by atoms with Crippen LogP contribution in [0.3, 0.4) is 0 Å². The van der Waals surface area contributed by atoms with Gasteiger partial charge in [-0.25, -0.2) is 4.39 Å². The lowest BCUT2D eigenvalue weighted by Gasteiger charge is -2.44. The van der Waals surface area contributed by atoms with Crippen molar-refractivity contribution < 1.29 is 68.9 Å². The molecule has 1 spiro atoms. The van der Waals surface area contributed by atoms with Gasteiger partial charge in [-0.3, -0.25) is 24.0 Å². The van der Waals surface area contributed by atoms with Crippen LogP contribution in [0.15, 0.2) is 146 Å². The fourth-order valence-corrected chi connectivity index (χ4v) is 13.8. The van der Waals surface area contributed by atoms with Gasteiger partial charge in [0.15, 0.2) is 0 Å². The second-order valence-electron chi connectivity index (χ2n) is 26.2. The summed E-state index contributed by atoms with van der Waals surface area (Å²) >= 11 is 0. The molecule has 15 nitrogen and oxygen atoms in total. The number of ether oxygens (including phenoxy) is 3. The van der Waals surface area contributed by atoms with Crippen LogP contribution in [-0.4, -0.2) is 178 Å². The molecule has 0 radical (unpaired) electrons. The summed E-state index contributed by atoms with van der Waals surface area (Å²) in [6.07, 6.45) is -1.99. The number of fused-ring (bicyclic) bond motifs is 2. The quantitative estimate of drug-likeness (QED) is 0.0332. The summed E-state index contributed by atoms with van der Waals surface area (Å²) in [5, 5.41) is 3.39. The average molecular weight is 1360 g/mol. The Balaban J connectivity index is 0.000000231. The zero-order chi connectivity index (χ0) is 70.2. The Kier molecular flexibility index (Phi) is 25.4. The molecular formula is C76H90F7N7O8. The van der Waals surface area contributed by atoms with Gasteiger partial charge in [0.2, 0.25) is 11.8 Å². The van der Waals surface area contributed by atoms with Crippen LogP contribution < -0.4 is 5.32 Å². The number of unbranched alkanes of at least 4 members (excludes halogenated alkanes) is 1. The number of anilines is 1. The molecule has 3 fully saturated rings. The van der Waals surface area contributed by atoms with Crippen LogP contribution in [0.1, 0.15) is 125 Å². The van der Waals surface area contributed by atoms with E-state index in [-0.39, 0.29) is 67.1 Å². The van der Waals surface area contributed by atoms with Crippen LogP contribution in [0, 0.1) is 5.82 Å². The van der Waals surface area contributed by atoms with Crippen LogP contribution in [0.2, 0.25) is 0 Å². The number of alkyl halides is 6. The fraction of sp³-hybridized carbons (Fsp3) is 0.461. The molecule has 2 atom stereocenters. The Bertz CT molecular complexity index is 3610. The zero-order valence-electron chi connectivity index (χ0n) is 56.6. The average Bonchev–Trinajstić information content (AvgIpc) is 1.57. The molecular weight excluding hydrogens is 1270 g/mol. The molecule has 4 amide bonds. The molecule has 3 aliphatic heterocycles. The van der Waals surface area contributed by atoms with E-state index in [0.717, 1.165) is 118 Å². The Morgan fingerprint density at radius 1 is 0.663 bits per heavy atom. The lowest BCUT2D eigenvalue weighted by molar-refractivity contribution is -0.150. The Hall–Kier alpha value is -8.18. The predicted molar refractivity (Wildman–Crippen MR) is 361 cm³/mol. The predicted octanol–water partition coefficient (Wildman–Crippen LogP) is 13.2. The van der Waals surface area contributed by atoms with E-state index in [1.807, 2.05) is 97.7 Å². The number of likely N-dealkylation sites (N-methyl/N-ethyl adjacent to an activating group) is 1. The zero-order valence-corrected chi connectivity index (χ0v) is 56.6. The number of rotatable bonds is 25. The number of methoxy groups -OCH3 is 1. The van der Waals surface area contributed by atoms with Gasteiger partial charge in [0.05, 0.1) is 30.2 Å². The van der Waals surface area contributed by atoms with Gasteiger partial charge in [0.25, 0.3) is 11.8 Å². The highest BCUT2D eigenvalue weighted by atomic mass is 19.4. The van der Waals surface area contributed by atoms with Crippen molar-refractivity contribution in [2.45, 2.75) is 120 Å². The van der Waals surface area contributed by atoms with Crippen molar-refractivity contribution in [3.8, 4) is 11.1 Å².